The standard InChI is InChI=1S/C13H14N4O5S/c1-21-8-3-7(4-9(5-8)22-2)14-10(18)6-23-12-11(19)15-13(20)17-16-12/h3-5H,6H2,1-2H3,(H,14,18)(H2,15,17,19,20). The summed E-state index contributed by atoms with van der Waals surface area (Å²) >= 11 is 0.903. The van der Waals surface area contributed by atoms with Gasteiger partial charge in [-0.25, -0.2) is 9.89 Å². The van der Waals surface area contributed by atoms with Crippen LogP contribution in [0.3, 0.4) is 0 Å². The predicted molar refractivity (Wildman–Crippen MR) is 84.4 cm³/mol. The number of nitrogens with one attached hydrogen (secondary N) is 3. The molecule has 2 rings (SSSR count). The highest BCUT2D eigenvalue weighted by Gasteiger charge is 2.09. The number of rotatable bonds is 6. The Morgan fingerprint density at radius 2 is 1.87 bits per heavy atom. The van der Waals surface area contributed by atoms with Crippen molar-refractivity contribution in [3.05, 3.63) is 39.0 Å². The minimum atomic E-state index is -0.702. The third kappa shape index (κ3) is 4.61. The smallest absolute Gasteiger partial charge is 0.342 e. The molecule has 0 saturated carbocycles. The van der Waals surface area contributed by atoms with Crippen molar-refractivity contribution in [2.75, 3.05) is 25.3 Å². The number of aromatic amines is 2. The van der Waals surface area contributed by atoms with Crippen LogP contribution >= 0.6 is 11.8 Å². The van der Waals surface area contributed by atoms with Gasteiger partial charge in [0.1, 0.15) is 11.5 Å². The summed E-state index contributed by atoms with van der Waals surface area (Å²) in [4.78, 5) is 36.3. The molecule has 0 bridgehead atoms. The molecule has 0 atom stereocenters. The zero-order valence-electron chi connectivity index (χ0n) is 12.3. The Morgan fingerprint density at radius 3 is 2.43 bits per heavy atom. The fraction of sp³-hybridized carbons (Fsp3) is 0.231. The number of methoxy groups -OCH3 is 2. The molecule has 1 heterocycles. The molecule has 1 amide bonds. The lowest BCUT2D eigenvalue weighted by molar-refractivity contribution is -0.113. The zero-order chi connectivity index (χ0) is 16.8. The first-order chi connectivity index (χ1) is 11.0. The molecule has 23 heavy (non-hydrogen) atoms. The van der Waals surface area contributed by atoms with Crippen LogP contribution in [0.15, 0.2) is 32.8 Å². The Labute approximate surface area is 134 Å². The van der Waals surface area contributed by atoms with E-state index in [0.717, 1.165) is 11.8 Å². The van der Waals surface area contributed by atoms with Gasteiger partial charge in [0.15, 0.2) is 5.03 Å². The number of nitrogens with zero attached hydrogens (tertiary/aromatic N) is 1. The Balaban J connectivity index is 2.02. The molecule has 3 N–H and O–H groups in total. The second-order valence-corrected chi connectivity index (χ2v) is 5.21. The Morgan fingerprint density at radius 1 is 1.22 bits per heavy atom. The van der Waals surface area contributed by atoms with Crippen molar-refractivity contribution in [1.29, 1.82) is 0 Å². The fourth-order valence-electron chi connectivity index (χ4n) is 1.65. The molecule has 0 aliphatic heterocycles. The summed E-state index contributed by atoms with van der Waals surface area (Å²) in [5, 5.41) is 8.33. The summed E-state index contributed by atoms with van der Waals surface area (Å²) in [7, 11) is 3.01. The van der Waals surface area contributed by atoms with Gasteiger partial charge in [0, 0.05) is 23.9 Å². The number of carbonyl (C=O) groups excluding carboxylic acids is 1. The number of benzene rings is 1. The third-order valence-electron chi connectivity index (χ3n) is 2.66. The number of ether oxygens (including phenoxy) is 2. The first-order valence-electron chi connectivity index (χ1n) is 6.36. The Kier molecular flexibility index (Phi) is 5.41. The summed E-state index contributed by atoms with van der Waals surface area (Å²) in [6.45, 7) is 0. The SMILES string of the molecule is COc1cc(NC(=O)CSc2n[nH]c(=O)[nH]c2=O)cc(OC)c1. The summed E-state index contributed by atoms with van der Waals surface area (Å²) < 4.78 is 10.2. The second kappa shape index (κ2) is 7.49. The number of hydrogen-bond acceptors (Lipinski definition) is 7. The highest BCUT2D eigenvalue weighted by molar-refractivity contribution is 7.99. The number of H-pyrrole nitrogens is 2. The van der Waals surface area contributed by atoms with Crippen LogP contribution in [0.1, 0.15) is 0 Å². The lowest BCUT2D eigenvalue weighted by Crippen LogP contribution is -2.25. The van der Waals surface area contributed by atoms with E-state index >= 15 is 0 Å². The molecule has 1 aromatic heterocycles. The molecule has 9 nitrogen and oxygen atoms in total. The molecule has 0 fully saturated rings. The van der Waals surface area contributed by atoms with Crippen LogP contribution in [-0.2, 0) is 4.79 Å². The van der Waals surface area contributed by atoms with Gasteiger partial charge in [-0.15, -0.1) is 0 Å². The minimum absolute atomic E-state index is 0.00275. The summed E-state index contributed by atoms with van der Waals surface area (Å²) in [5.74, 6) is 0.663. The van der Waals surface area contributed by atoms with Crippen molar-refractivity contribution >= 4 is 23.4 Å². The normalized spacial score (nSPS) is 10.2. The number of carbonyl (C=O) groups is 1. The number of amides is 1. The van der Waals surface area contributed by atoms with Crippen LogP contribution in [0.4, 0.5) is 5.69 Å². The number of aromatic nitrogens is 3. The summed E-state index contributed by atoms with van der Waals surface area (Å²) in [6, 6.07) is 4.94. The van der Waals surface area contributed by atoms with Crippen molar-refractivity contribution < 1.29 is 14.3 Å². The molecule has 0 spiro atoms. The van der Waals surface area contributed by atoms with Gasteiger partial charge >= 0.3 is 5.69 Å². The van der Waals surface area contributed by atoms with Gasteiger partial charge in [0.2, 0.25) is 5.91 Å². The quantitative estimate of drug-likeness (QED) is 0.643. The maximum absolute atomic E-state index is 11.9. The first kappa shape index (κ1) is 16.6. The molecule has 0 saturated heterocycles. The maximum Gasteiger partial charge on any atom is 0.342 e. The molecular weight excluding hydrogens is 324 g/mol. The van der Waals surface area contributed by atoms with E-state index in [9.17, 15) is 14.4 Å². The van der Waals surface area contributed by atoms with E-state index in [0.29, 0.717) is 17.2 Å². The van der Waals surface area contributed by atoms with Crippen molar-refractivity contribution in [3.8, 4) is 11.5 Å². The number of thioether (sulfide) groups is 1. The third-order valence-corrected chi connectivity index (χ3v) is 3.61. The van der Waals surface area contributed by atoms with E-state index in [1.165, 1.54) is 14.2 Å². The monoisotopic (exact) mass is 338 g/mol. The topological polar surface area (TPSA) is 126 Å². The molecule has 122 valence electrons. The van der Waals surface area contributed by atoms with Crippen LogP contribution in [0, 0.1) is 0 Å². The first-order valence-corrected chi connectivity index (χ1v) is 7.35. The number of hydrogen-bond donors (Lipinski definition) is 3. The van der Waals surface area contributed by atoms with Crippen LogP contribution < -0.4 is 26.0 Å². The van der Waals surface area contributed by atoms with E-state index < -0.39 is 11.2 Å². The second-order valence-electron chi connectivity index (χ2n) is 4.25. The highest BCUT2D eigenvalue weighted by atomic mass is 32.2. The van der Waals surface area contributed by atoms with Gasteiger partial charge in [-0.3, -0.25) is 14.6 Å². The minimum Gasteiger partial charge on any atom is -0.497 e. The van der Waals surface area contributed by atoms with Crippen LogP contribution in [0.2, 0.25) is 0 Å². The highest BCUT2D eigenvalue weighted by Crippen LogP contribution is 2.25. The van der Waals surface area contributed by atoms with E-state index in [1.807, 2.05) is 4.98 Å². The van der Waals surface area contributed by atoms with E-state index in [2.05, 4.69) is 15.5 Å². The molecule has 2 aromatic rings. The number of anilines is 1. The van der Waals surface area contributed by atoms with Gasteiger partial charge < -0.3 is 14.8 Å². The summed E-state index contributed by atoms with van der Waals surface area (Å²) in [6.07, 6.45) is 0. The van der Waals surface area contributed by atoms with E-state index in [4.69, 9.17) is 9.47 Å². The lowest BCUT2D eigenvalue weighted by Gasteiger charge is -2.09. The molecule has 0 unspecified atom stereocenters. The fourth-order valence-corrected chi connectivity index (χ4v) is 2.28. The lowest BCUT2D eigenvalue weighted by atomic mass is 10.2. The Bertz CT molecular complexity index is 794. The van der Waals surface area contributed by atoms with E-state index in [1.54, 1.807) is 18.2 Å². The average molecular weight is 338 g/mol. The molecule has 1 aromatic carbocycles. The average Bonchev–Trinajstić information content (AvgIpc) is 2.53. The van der Waals surface area contributed by atoms with Crippen molar-refractivity contribution in [2.45, 2.75) is 5.03 Å². The zero-order valence-corrected chi connectivity index (χ0v) is 13.2. The maximum atomic E-state index is 11.9. The Hall–Kier alpha value is -2.75. The van der Waals surface area contributed by atoms with Gasteiger partial charge in [0.25, 0.3) is 5.56 Å². The van der Waals surface area contributed by atoms with Gasteiger partial charge in [0.05, 0.1) is 20.0 Å². The molecule has 0 aliphatic rings. The van der Waals surface area contributed by atoms with Gasteiger partial charge in [-0.05, 0) is 0 Å². The van der Waals surface area contributed by atoms with E-state index in [-0.39, 0.29) is 16.7 Å². The van der Waals surface area contributed by atoms with Crippen molar-refractivity contribution in [1.82, 2.24) is 15.2 Å². The molecular formula is C13H14N4O5S. The van der Waals surface area contributed by atoms with Gasteiger partial charge in [-0.1, -0.05) is 11.8 Å². The largest absolute Gasteiger partial charge is 0.497 e. The van der Waals surface area contributed by atoms with Crippen LogP contribution in [0.25, 0.3) is 0 Å². The van der Waals surface area contributed by atoms with Crippen molar-refractivity contribution in [3.63, 3.8) is 0 Å². The molecule has 0 aliphatic carbocycles. The van der Waals surface area contributed by atoms with Gasteiger partial charge in [-0.2, -0.15) is 5.10 Å². The van der Waals surface area contributed by atoms with Crippen LogP contribution in [0.5, 0.6) is 11.5 Å². The molecule has 10 heteroatoms. The predicted octanol–water partition coefficient (Wildman–Crippen LogP) is 0.206. The molecule has 0 radical (unpaired) electrons. The summed E-state index contributed by atoms with van der Waals surface area (Å²) in [5.41, 5.74) is -0.850. The van der Waals surface area contributed by atoms with Crippen molar-refractivity contribution in [2.24, 2.45) is 0 Å². The van der Waals surface area contributed by atoms with Crippen LogP contribution in [-0.4, -0.2) is 41.1 Å².